The maximum Gasteiger partial charge on any atom is 0.290 e. The fraction of sp³-hybridized carbons (Fsp3) is 0.154. The molecule has 2 rings (SSSR count). The highest BCUT2D eigenvalue weighted by Crippen LogP contribution is 2.18. The molecule has 0 aliphatic rings. The van der Waals surface area contributed by atoms with Gasteiger partial charge in [0.25, 0.3) is 5.56 Å². The Hall–Kier alpha value is -1.88. The summed E-state index contributed by atoms with van der Waals surface area (Å²) in [5.41, 5.74) is -0.472. The van der Waals surface area contributed by atoms with Crippen LogP contribution in [0.1, 0.15) is 0 Å². The van der Waals surface area contributed by atoms with Crippen molar-refractivity contribution in [1.29, 1.82) is 0 Å². The number of benzene rings is 1. The van der Waals surface area contributed by atoms with Crippen molar-refractivity contribution in [3.63, 3.8) is 0 Å². The Morgan fingerprint density at radius 3 is 2.78 bits per heavy atom. The topological polar surface area (TPSA) is 62.3 Å². The van der Waals surface area contributed by atoms with Crippen LogP contribution in [0.2, 0.25) is 0 Å². The van der Waals surface area contributed by atoms with Gasteiger partial charge in [0, 0.05) is 22.9 Å². The van der Waals surface area contributed by atoms with E-state index in [4.69, 9.17) is 4.74 Å². The van der Waals surface area contributed by atoms with E-state index in [1.807, 2.05) is 30.3 Å². The molecule has 0 saturated carbocycles. The maximum atomic E-state index is 10.9. The number of aromatic hydroxyl groups is 1. The van der Waals surface area contributed by atoms with Gasteiger partial charge in [-0.15, -0.1) is 11.8 Å². The molecular formula is C13H13NO3S. The van der Waals surface area contributed by atoms with Crippen molar-refractivity contribution in [3.8, 4) is 11.5 Å². The van der Waals surface area contributed by atoms with E-state index < -0.39 is 5.56 Å². The van der Waals surface area contributed by atoms with E-state index in [1.165, 1.54) is 17.8 Å². The molecule has 5 heteroatoms. The van der Waals surface area contributed by atoms with Gasteiger partial charge in [-0.1, -0.05) is 18.2 Å². The van der Waals surface area contributed by atoms with Crippen LogP contribution >= 0.6 is 11.8 Å². The Balaban J connectivity index is 1.78. The molecule has 0 aliphatic heterocycles. The summed E-state index contributed by atoms with van der Waals surface area (Å²) in [5.74, 6) is 1.31. The fourth-order valence-corrected chi connectivity index (χ4v) is 2.11. The summed E-state index contributed by atoms with van der Waals surface area (Å²) < 4.78 is 5.53. The number of aromatic amines is 1. The standard InChI is InChI=1S/C13H13NO3S/c15-12-8-11(9-14-13(12)16)18-7-6-17-10-4-2-1-3-5-10/h1-5,8-9,15H,6-7H2,(H,14,16). The smallest absolute Gasteiger partial charge is 0.290 e. The van der Waals surface area contributed by atoms with Crippen LogP contribution in [-0.4, -0.2) is 22.5 Å². The van der Waals surface area contributed by atoms with Crippen LogP contribution in [0.15, 0.2) is 52.3 Å². The molecule has 0 saturated heterocycles. The number of hydrogen-bond donors (Lipinski definition) is 2. The molecule has 0 amide bonds. The van der Waals surface area contributed by atoms with Gasteiger partial charge in [0.05, 0.1) is 6.61 Å². The van der Waals surface area contributed by atoms with E-state index in [-0.39, 0.29) is 5.75 Å². The zero-order chi connectivity index (χ0) is 12.8. The minimum Gasteiger partial charge on any atom is -0.503 e. The van der Waals surface area contributed by atoms with E-state index in [9.17, 15) is 9.90 Å². The molecule has 2 N–H and O–H groups in total. The molecule has 0 spiro atoms. The van der Waals surface area contributed by atoms with Crippen LogP contribution in [0, 0.1) is 0 Å². The van der Waals surface area contributed by atoms with Gasteiger partial charge in [0.15, 0.2) is 5.75 Å². The quantitative estimate of drug-likeness (QED) is 0.641. The molecule has 94 valence electrons. The summed E-state index contributed by atoms with van der Waals surface area (Å²) in [7, 11) is 0. The van der Waals surface area contributed by atoms with Crippen molar-refractivity contribution in [2.24, 2.45) is 0 Å². The molecule has 1 aromatic carbocycles. The lowest BCUT2D eigenvalue weighted by Crippen LogP contribution is -2.04. The van der Waals surface area contributed by atoms with Gasteiger partial charge in [0.2, 0.25) is 0 Å². The number of thioether (sulfide) groups is 1. The highest BCUT2D eigenvalue weighted by atomic mass is 32.2. The summed E-state index contributed by atoms with van der Waals surface area (Å²) >= 11 is 1.51. The highest BCUT2D eigenvalue weighted by Gasteiger charge is 2.00. The minimum atomic E-state index is -0.472. The van der Waals surface area contributed by atoms with Gasteiger partial charge in [-0.25, -0.2) is 0 Å². The van der Waals surface area contributed by atoms with Crippen molar-refractivity contribution in [2.45, 2.75) is 4.90 Å². The first kappa shape index (κ1) is 12.6. The van der Waals surface area contributed by atoms with E-state index in [2.05, 4.69) is 4.98 Å². The second kappa shape index (κ2) is 6.16. The molecular weight excluding hydrogens is 250 g/mol. The molecule has 0 radical (unpaired) electrons. The summed E-state index contributed by atoms with van der Waals surface area (Å²) in [6, 6.07) is 11.0. The first-order chi connectivity index (χ1) is 8.75. The van der Waals surface area contributed by atoms with E-state index >= 15 is 0 Å². The lowest BCUT2D eigenvalue weighted by Gasteiger charge is -2.05. The number of pyridine rings is 1. The Morgan fingerprint density at radius 2 is 2.06 bits per heavy atom. The Labute approximate surface area is 109 Å². The van der Waals surface area contributed by atoms with Crippen molar-refractivity contribution in [2.75, 3.05) is 12.4 Å². The molecule has 4 nitrogen and oxygen atoms in total. The molecule has 0 bridgehead atoms. The predicted molar refractivity (Wildman–Crippen MR) is 71.4 cm³/mol. The number of hydrogen-bond acceptors (Lipinski definition) is 4. The van der Waals surface area contributed by atoms with Gasteiger partial charge < -0.3 is 14.8 Å². The van der Waals surface area contributed by atoms with Crippen molar-refractivity contribution >= 4 is 11.8 Å². The number of nitrogens with one attached hydrogen (secondary N) is 1. The average molecular weight is 263 g/mol. The van der Waals surface area contributed by atoms with E-state index in [1.54, 1.807) is 6.20 Å². The lowest BCUT2D eigenvalue weighted by molar-refractivity contribution is 0.344. The van der Waals surface area contributed by atoms with Crippen LogP contribution in [-0.2, 0) is 0 Å². The summed E-state index contributed by atoms with van der Waals surface area (Å²) in [6.45, 7) is 0.564. The first-order valence-electron chi connectivity index (χ1n) is 5.48. The Kier molecular flexibility index (Phi) is 4.30. The van der Waals surface area contributed by atoms with Gasteiger partial charge in [-0.05, 0) is 12.1 Å². The Bertz CT molecular complexity index is 554. The largest absolute Gasteiger partial charge is 0.503 e. The van der Waals surface area contributed by atoms with Crippen molar-refractivity contribution < 1.29 is 9.84 Å². The highest BCUT2D eigenvalue weighted by molar-refractivity contribution is 7.99. The normalized spacial score (nSPS) is 10.2. The third-order valence-electron chi connectivity index (χ3n) is 2.22. The molecule has 0 aliphatic carbocycles. The number of para-hydroxylation sites is 1. The zero-order valence-electron chi connectivity index (χ0n) is 9.63. The molecule has 0 atom stereocenters. The lowest BCUT2D eigenvalue weighted by atomic mass is 10.3. The monoisotopic (exact) mass is 263 g/mol. The van der Waals surface area contributed by atoms with E-state index in [0.717, 1.165) is 16.4 Å². The second-order valence-corrected chi connectivity index (χ2v) is 4.73. The van der Waals surface area contributed by atoms with Crippen molar-refractivity contribution in [3.05, 3.63) is 52.9 Å². The molecule has 18 heavy (non-hydrogen) atoms. The second-order valence-electron chi connectivity index (χ2n) is 3.56. The number of aromatic nitrogens is 1. The number of ether oxygens (including phenoxy) is 1. The third-order valence-corrected chi connectivity index (χ3v) is 3.16. The van der Waals surface area contributed by atoms with Gasteiger partial charge >= 0.3 is 0 Å². The molecule has 2 aromatic rings. The SMILES string of the molecule is O=c1[nH]cc(SCCOc2ccccc2)cc1O. The first-order valence-corrected chi connectivity index (χ1v) is 6.46. The van der Waals surface area contributed by atoms with Gasteiger partial charge in [-0.3, -0.25) is 4.79 Å². The van der Waals surface area contributed by atoms with Crippen LogP contribution in [0.5, 0.6) is 11.5 Å². The summed E-state index contributed by atoms with van der Waals surface area (Å²) in [4.78, 5) is 14.2. The van der Waals surface area contributed by atoms with E-state index in [0.29, 0.717) is 6.61 Å². The minimum absolute atomic E-state index is 0.260. The summed E-state index contributed by atoms with van der Waals surface area (Å²) in [6.07, 6.45) is 1.58. The fourth-order valence-electron chi connectivity index (χ4n) is 1.37. The number of H-pyrrole nitrogens is 1. The third kappa shape index (κ3) is 3.56. The van der Waals surface area contributed by atoms with Crippen molar-refractivity contribution in [1.82, 2.24) is 4.98 Å². The average Bonchev–Trinajstić information content (AvgIpc) is 2.40. The van der Waals surface area contributed by atoms with Crippen LogP contribution in [0.25, 0.3) is 0 Å². The zero-order valence-corrected chi connectivity index (χ0v) is 10.4. The van der Waals surface area contributed by atoms with Gasteiger partial charge in [-0.2, -0.15) is 0 Å². The maximum absolute atomic E-state index is 10.9. The molecule has 0 unspecified atom stereocenters. The van der Waals surface area contributed by atoms with Gasteiger partial charge in [0.1, 0.15) is 5.75 Å². The molecule has 1 heterocycles. The molecule has 0 fully saturated rings. The van der Waals surface area contributed by atoms with Crippen LogP contribution < -0.4 is 10.3 Å². The Morgan fingerprint density at radius 1 is 1.28 bits per heavy atom. The molecule has 1 aromatic heterocycles. The summed E-state index contributed by atoms with van der Waals surface area (Å²) in [5, 5.41) is 9.25. The predicted octanol–water partition coefficient (Wildman–Crippen LogP) is 2.25. The number of rotatable bonds is 5. The van der Waals surface area contributed by atoms with Crippen LogP contribution in [0.3, 0.4) is 0 Å². The van der Waals surface area contributed by atoms with Crippen LogP contribution in [0.4, 0.5) is 0 Å².